The third-order valence-electron chi connectivity index (χ3n) is 6.40. The van der Waals surface area contributed by atoms with Gasteiger partial charge in [-0.25, -0.2) is 0 Å². The molecule has 1 saturated carbocycles. The van der Waals surface area contributed by atoms with E-state index in [0.29, 0.717) is 12.8 Å². The van der Waals surface area contributed by atoms with Crippen molar-refractivity contribution in [3.8, 4) is 0 Å². The first-order valence-electron chi connectivity index (χ1n) is 8.42. The first-order valence-corrected chi connectivity index (χ1v) is 8.42. The van der Waals surface area contributed by atoms with Crippen molar-refractivity contribution >= 4 is 11.5 Å². The Kier molecular flexibility index (Phi) is 3.68. The van der Waals surface area contributed by atoms with Gasteiger partial charge in [0.15, 0.2) is 0 Å². The molecule has 1 aromatic rings. The van der Waals surface area contributed by atoms with Crippen molar-refractivity contribution in [1.82, 2.24) is 0 Å². The third-order valence-corrected chi connectivity index (χ3v) is 6.40. The Morgan fingerprint density at radius 2 is 2.00 bits per heavy atom. The average Bonchev–Trinajstić information content (AvgIpc) is 2.49. The molecule has 3 rings (SSSR count). The van der Waals surface area contributed by atoms with Gasteiger partial charge in [0, 0.05) is 0 Å². The van der Waals surface area contributed by atoms with Crippen molar-refractivity contribution in [2.75, 3.05) is 0 Å². The van der Waals surface area contributed by atoms with E-state index in [4.69, 9.17) is 0 Å². The highest BCUT2D eigenvalue weighted by Crippen LogP contribution is 2.59. The first kappa shape index (κ1) is 16.3. The summed E-state index contributed by atoms with van der Waals surface area (Å²) in [5.74, 6) is -0.776. The van der Waals surface area contributed by atoms with Gasteiger partial charge in [-0.15, -0.1) is 0 Å². The van der Waals surface area contributed by atoms with E-state index >= 15 is 0 Å². The zero-order valence-electron chi connectivity index (χ0n) is 14.2. The second-order valence-electron chi connectivity index (χ2n) is 7.88. The van der Waals surface area contributed by atoms with Crippen LogP contribution in [0.25, 0.3) is 5.57 Å². The summed E-state index contributed by atoms with van der Waals surface area (Å²) in [5, 5.41) is 20.5. The molecule has 0 bridgehead atoms. The van der Waals surface area contributed by atoms with Gasteiger partial charge in [-0.2, -0.15) is 0 Å². The van der Waals surface area contributed by atoms with Crippen molar-refractivity contribution in [3.05, 3.63) is 41.5 Å². The Bertz CT molecular complexity index is 677. The quantitative estimate of drug-likeness (QED) is 0.855. The van der Waals surface area contributed by atoms with Gasteiger partial charge in [-0.3, -0.25) is 4.79 Å². The first-order chi connectivity index (χ1) is 10.7. The van der Waals surface area contributed by atoms with Crippen LogP contribution in [0.3, 0.4) is 0 Å². The minimum atomic E-state index is -0.765. The van der Waals surface area contributed by atoms with Crippen molar-refractivity contribution in [3.63, 3.8) is 0 Å². The summed E-state index contributed by atoms with van der Waals surface area (Å²) >= 11 is 0. The van der Waals surface area contributed by atoms with E-state index in [1.807, 2.05) is 26.0 Å². The molecule has 3 nitrogen and oxygen atoms in total. The topological polar surface area (TPSA) is 57.5 Å². The fourth-order valence-corrected chi connectivity index (χ4v) is 4.95. The summed E-state index contributed by atoms with van der Waals surface area (Å²) in [6, 6.07) is 6.17. The predicted molar refractivity (Wildman–Crippen MR) is 91.2 cm³/mol. The van der Waals surface area contributed by atoms with E-state index in [0.717, 1.165) is 35.1 Å². The van der Waals surface area contributed by atoms with E-state index < -0.39 is 17.5 Å². The molecule has 23 heavy (non-hydrogen) atoms. The molecule has 124 valence electrons. The van der Waals surface area contributed by atoms with Gasteiger partial charge in [0.2, 0.25) is 0 Å². The number of fused-ring (bicyclic) bond motifs is 3. The fraction of sp³-hybridized carbons (Fsp3) is 0.550. The SMILES string of the molecule is C=C(C)c1ccc2c(c1)[C@@H](O)C[C@@H]1[C@](C)(C(=O)O)CCC[C@]21C. The van der Waals surface area contributed by atoms with Crippen LogP contribution >= 0.6 is 0 Å². The predicted octanol–water partition coefficient (Wildman–Crippen LogP) is 4.31. The summed E-state index contributed by atoms with van der Waals surface area (Å²) < 4.78 is 0. The van der Waals surface area contributed by atoms with Gasteiger partial charge < -0.3 is 10.2 Å². The lowest BCUT2D eigenvalue weighted by molar-refractivity contribution is -0.159. The normalized spacial score (nSPS) is 36.0. The average molecular weight is 314 g/mol. The lowest BCUT2D eigenvalue weighted by Crippen LogP contribution is -2.53. The van der Waals surface area contributed by atoms with Crippen LogP contribution in [0.4, 0.5) is 0 Å². The molecule has 4 atom stereocenters. The van der Waals surface area contributed by atoms with Crippen LogP contribution in [0, 0.1) is 11.3 Å². The number of benzene rings is 1. The molecule has 0 radical (unpaired) electrons. The summed E-state index contributed by atoms with van der Waals surface area (Å²) in [6.07, 6.45) is 2.50. The van der Waals surface area contributed by atoms with Crippen LogP contribution in [0.15, 0.2) is 24.8 Å². The number of aliphatic hydroxyl groups is 1. The van der Waals surface area contributed by atoms with E-state index in [-0.39, 0.29) is 11.3 Å². The number of carboxylic acid groups (broad SMARTS) is 1. The number of hydrogen-bond acceptors (Lipinski definition) is 2. The van der Waals surface area contributed by atoms with Gasteiger partial charge in [-0.1, -0.05) is 37.6 Å². The minimum Gasteiger partial charge on any atom is -0.481 e. The van der Waals surface area contributed by atoms with Gasteiger partial charge in [-0.05, 0) is 67.2 Å². The molecule has 0 unspecified atom stereocenters. The van der Waals surface area contributed by atoms with Crippen molar-refractivity contribution in [1.29, 1.82) is 0 Å². The zero-order valence-corrected chi connectivity index (χ0v) is 14.2. The smallest absolute Gasteiger partial charge is 0.309 e. The molecule has 0 aromatic heterocycles. The molecule has 2 aliphatic rings. The number of hydrogen-bond donors (Lipinski definition) is 2. The maximum Gasteiger partial charge on any atom is 0.309 e. The second kappa shape index (κ2) is 5.20. The number of aliphatic carboxylic acids is 1. The molecule has 0 aliphatic heterocycles. The molecule has 0 amide bonds. The summed E-state index contributed by atoms with van der Waals surface area (Å²) in [6.45, 7) is 9.99. The Morgan fingerprint density at radius 3 is 2.61 bits per heavy atom. The van der Waals surface area contributed by atoms with Crippen LogP contribution in [-0.4, -0.2) is 16.2 Å². The van der Waals surface area contributed by atoms with Crippen LogP contribution in [0.2, 0.25) is 0 Å². The van der Waals surface area contributed by atoms with E-state index in [1.54, 1.807) is 0 Å². The molecule has 2 N–H and O–H groups in total. The van der Waals surface area contributed by atoms with E-state index in [1.165, 1.54) is 0 Å². The van der Waals surface area contributed by atoms with E-state index in [9.17, 15) is 15.0 Å². The number of aliphatic hydroxyl groups excluding tert-OH is 1. The van der Waals surface area contributed by atoms with Crippen LogP contribution in [-0.2, 0) is 10.2 Å². The lowest BCUT2D eigenvalue weighted by atomic mass is 9.49. The summed E-state index contributed by atoms with van der Waals surface area (Å²) in [5.41, 5.74) is 3.15. The molecule has 0 spiro atoms. The maximum absolute atomic E-state index is 11.9. The van der Waals surface area contributed by atoms with Crippen molar-refractivity contribution < 1.29 is 15.0 Å². The van der Waals surface area contributed by atoms with E-state index in [2.05, 4.69) is 19.6 Å². The zero-order chi connectivity index (χ0) is 17.0. The lowest BCUT2D eigenvalue weighted by Gasteiger charge is -2.54. The standard InChI is InChI=1S/C20H26O3/c1-12(2)13-6-7-15-14(10-13)16(21)11-17-19(15,3)8-5-9-20(17,4)18(22)23/h6-7,10,16-17,21H,1,5,8-9,11H2,2-4H3,(H,22,23)/t16-,17-,19+,20+/m0/s1. The van der Waals surface area contributed by atoms with Gasteiger partial charge in [0.05, 0.1) is 11.5 Å². The van der Waals surface area contributed by atoms with Gasteiger partial charge in [0.1, 0.15) is 0 Å². The molecular formula is C20H26O3. The second-order valence-corrected chi connectivity index (χ2v) is 7.88. The third kappa shape index (κ3) is 2.25. The van der Waals surface area contributed by atoms with Crippen LogP contribution in [0.5, 0.6) is 0 Å². The Morgan fingerprint density at radius 1 is 1.30 bits per heavy atom. The number of rotatable bonds is 2. The largest absolute Gasteiger partial charge is 0.481 e. The highest BCUT2D eigenvalue weighted by Gasteiger charge is 2.56. The molecule has 1 aromatic carbocycles. The number of carbonyl (C=O) groups is 1. The van der Waals surface area contributed by atoms with Crippen molar-refractivity contribution in [2.24, 2.45) is 11.3 Å². The van der Waals surface area contributed by atoms with Gasteiger partial charge >= 0.3 is 5.97 Å². The Balaban J connectivity index is 2.16. The maximum atomic E-state index is 11.9. The minimum absolute atomic E-state index is 0.0422. The van der Waals surface area contributed by atoms with Crippen molar-refractivity contribution in [2.45, 2.75) is 58.0 Å². The molecule has 0 saturated heterocycles. The molecular weight excluding hydrogens is 288 g/mol. The Labute approximate surface area is 138 Å². The molecule has 3 heteroatoms. The fourth-order valence-electron chi connectivity index (χ4n) is 4.95. The van der Waals surface area contributed by atoms with Crippen LogP contribution in [0.1, 0.15) is 69.2 Å². The summed E-state index contributed by atoms with van der Waals surface area (Å²) in [7, 11) is 0. The molecule has 1 fully saturated rings. The van der Waals surface area contributed by atoms with Gasteiger partial charge in [0.25, 0.3) is 0 Å². The summed E-state index contributed by atoms with van der Waals surface area (Å²) in [4.78, 5) is 11.9. The highest BCUT2D eigenvalue weighted by molar-refractivity contribution is 5.75. The number of carboxylic acids is 1. The molecule has 0 heterocycles. The Hall–Kier alpha value is -1.61. The monoisotopic (exact) mass is 314 g/mol. The number of allylic oxidation sites excluding steroid dienone is 1. The highest BCUT2D eigenvalue weighted by atomic mass is 16.4. The van der Waals surface area contributed by atoms with Crippen LogP contribution < -0.4 is 0 Å². The molecule has 2 aliphatic carbocycles.